The Labute approximate surface area is 135 Å². The van der Waals surface area contributed by atoms with Crippen molar-refractivity contribution in [1.29, 1.82) is 0 Å². The van der Waals surface area contributed by atoms with Crippen molar-refractivity contribution in [2.45, 2.75) is 45.3 Å². The molecule has 1 unspecified atom stereocenters. The van der Waals surface area contributed by atoms with Gasteiger partial charge in [-0.1, -0.05) is 23.9 Å². The van der Waals surface area contributed by atoms with E-state index in [9.17, 15) is 4.79 Å². The molecule has 0 aliphatic carbocycles. The molecular formula is C16H23N3O2S. The molecule has 3 N–H and O–H groups in total. The van der Waals surface area contributed by atoms with Gasteiger partial charge in [-0.3, -0.25) is 10.3 Å². The Kier molecular flexibility index (Phi) is 4.70. The van der Waals surface area contributed by atoms with Crippen LogP contribution in [0.4, 0.5) is 10.5 Å². The summed E-state index contributed by atoms with van der Waals surface area (Å²) in [5, 5.41) is 3.32. The van der Waals surface area contributed by atoms with E-state index in [1.807, 2.05) is 45.0 Å². The van der Waals surface area contributed by atoms with Gasteiger partial charge in [-0.25, -0.2) is 4.79 Å². The van der Waals surface area contributed by atoms with Gasteiger partial charge in [0.05, 0.1) is 5.54 Å². The monoisotopic (exact) mass is 321 g/mol. The van der Waals surface area contributed by atoms with E-state index in [0.717, 1.165) is 17.7 Å². The van der Waals surface area contributed by atoms with Crippen molar-refractivity contribution in [1.82, 2.24) is 5.32 Å². The van der Waals surface area contributed by atoms with E-state index >= 15 is 0 Å². The number of nitrogen functional groups attached to an aromatic ring is 1. The van der Waals surface area contributed by atoms with Gasteiger partial charge in [0, 0.05) is 11.4 Å². The van der Waals surface area contributed by atoms with Gasteiger partial charge < -0.3 is 10.5 Å². The molecule has 120 valence electrons. The molecule has 0 spiro atoms. The zero-order chi connectivity index (χ0) is 16.4. The number of alkyl carbamates (subject to hydrolysis) is 1. The number of anilines is 1. The van der Waals surface area contributed by atoms with E-state index in [4.69, 9.17) is 15.5 Å². The van der Waals surface area contributed by atoms with Gasteiger partial charge >= 0.3 is 6.09 Å². The highest BCUT2D eigenvalue weighted by Gasteiger charge is 2.31. The molecule has 6 heteroatoms. The van der Waals surface area contributed by atoms with E-state index < -0.39 is 11.7 Å². The van der Waals surface area contributed by atoms with Gasteiger partial charge in [-0.2, -0.15) is 0 Å². The summed E-state index contributed by atoms with van der Waals surface area (Å²) >= 11 is 1.53. The summed E-state index contributed by atoms with van der Waals surface area (Å²) in [5.41, 5.74) is 6.72. The first kappa shape index (κ1) is 16.7. The molecule has 0 fully saturated rings. The molecule has 2 rings (SSSR count). The summed E-state index contributed by atoms with van der Waals surface area (Å²) in [5.74, 6) is 0.875. The van der Waals surface area contributed by atoms with Crippen LogP contribution in [0.1, 0.15) is 39.7 Å². The van der Waals surface area contributed by atoms with Crippen LogP contribution in [0.2, 0.25) is 0 Å². The van der Waals surface area contributed by atoms with Crippen LogP contribution in [-0.2, 0) is 10.3 Å². The number of hydrogen-bond acceptors (Lipinski definition) is 5. The summed E-state index contributed by atoms with van der Waals surface area (Å²) in [6, 6.07) is 7.73. The van der Waals surface area contributed by atoms with Gasteiger partial charge in [0.15, 0.2) is 5.17 Å². The van der Waals surface area contributed by atoms with Crippen molar-refractivity contribution in [3.05, 3.63) is 29.8 Å². The molecule has 0 saturated heterocycles. The number of amides is 1. The fraction of sp³-hybridized carbons (Fsp3) is 0.500. The first-order valence-corrected chi connectivity index (χ1v) is 8.25. The van der Waals surface area contributed by atoms with E-state index in [1.165, 1.54) is 11.8 Å². The van der Waals surface area contributed by atoms with Gasteiger partial charge in [-0.15, -0.1) is 0 Å². The summed E-state index contributed by atoms with van der Waals surface area (Å²) in [7, 11) is 0. The smallest absolute Gasteiger partial charge is 0.413 e. The van der Waals surface area contributed by atoms with Gasteiger partial charge in [-0.05, 0) is 51.8 Å². The molecule has 1 heterocycles. The van der Waals surface area contributed by atoms with E-state index in [1.54, 1.807) is 0 Å². The third-order valence-electron chi connectivity index (χ3n) is 3.29. The van der Waals surface area contributed by atoms with Crippen molar-refractivity contribution in [2.75, 3.05) is 11.5 Å². The number of nitrogens with one attached hydrogen (secondary N) is 1. The number of nitrogens with zero attached hydrogens (tertiary/aromatic N) is 1. The van der Waals surface area contributed by atoms with Crippen LogP contribution >= 0.6 is 11.8 Å². The first-order valence-electron chi connectivity index (χ1n) is 7.27. The molecule has 1 aromatic rings. The van der Waals surface area contributed by atoms with Gasteiger partial charge in [0.1, 0.15) is 5.60 Å². The second-order valence-corrected chi connectivity index (χ2v) is 7.63. The first-order chi connectivity index (χ1) is 10.2. The number of hydrogen-bond donors (Lipinski definition) is 2. The van der Waals surface area contributed by atoms with Crippen LogP contribution in [0.15, 0.2) is 29.3 Å². The third-order valence-corrected chi connectivity index (χ3v) is 4.17. The van der Waals surface area contributed by atoms with Crippen LogP contribution in [0, 0.1) is 0 Å². The number of benzene rings is 1. The maximum absolute atomic E-state index is 11.9. The van der Waals surface area contributed by atoms with E-state index in [-0.39, 0.29) is 5.54 Å². The zero-order valence-electron chi connectivity index (χ0n) is 13.5. The normalized spacial score (nSPS) is 21.9. The van der Waals surface area contributed by atoms with E-state index in [2.05, 4.69) is 12.2 Å². The predicted octanol–water partition coefficient (Wildman–Crippen LogP) is 3.50. The molecule has 1 aliphatic heterocycles. The molecule has 0 radical (unpaired) electrons. The largest absolute Gasteiger partial charge is 0.444 e. The van der Waals surface area contributed by atoms with Gasteiger partial charge in [0.2, 0.25) is 0 Å². The molecule has 1 amide bonds. The SMILES string of the molecule is CC(C)(C)OC(=O)NC1=NC(C)(c2cccc(N)c2)CCS1. The van der Waals surface area contributed by atoms with Crippen molar-refractivity contribution in [2.24, 2.45) is 4.99 Å². The lowest BCUT2D eigenvalue weighted by atomic mass is 9.89. The molecule has 0 saturated carbocycles. The highest BCUT2D eigenvalue weighted by molar-refractivity contribution is 8.13. The molecule has 1 aromatic carbocycles. The van der Waals surface area contributed by atoms with Crippen LogP contribution < -0.4 is 11.1 Å². The summed E-state index contributed by atoms with van der Waals surface area (Å²) < 4.78 is 5.27. The number of aliphatic imine (C=N–C) groups is 1. The minimum atomic E-state index is -0.527. The van der Waals surface area contributed by atoms with Crippen LogP contribution in [0.5, 0.6) is 0 Å². The Morgan fingerprint density at radius 2 is 2.18 bits per heavy atom. The van der Waals surface area contributed by atoms with Crippen molar-refractivity contribution in [3.63, 3.8) is 0 Å². The van der Waals surface area contributed by atoms with Crippen LogP contribution in [0.3, 0.4) is 0 Å². The highest BCUT2D eigenvalue weighted by Crippen LogP contribution is 2.36. The predicted molar refractivity (Wildman–Crippen MR) is 92.1 cm³/mol. The van der Waals surface area contributed by atoms with Gasteiger partial charge in [0.25, 0.3) is 0 Å². The maximum Gasteiger partial charge on any atom is 0.413 e. The standard InChI is InChI=1S/C16H23N3O2S/c1-15(2,3)21-14(20)18-13-19-16(4,8-9-22-13)11-6-5-7-12(17)10-11/h5-7,10H,8-9,17H2,1-4H3,(H,18,19,20). The third kappa shape index (κ3) is 4.40. The Bertz CT molecular complexity index is 595. The van der Waals surface area contributed by atoms with Crippen LogP contribution in [0.25, 0.3) is 0 Å². The molecule has 1 atom stereocenters. The number of amidine groups is 1. The number of carbonyl (C=O) groups excluding carboxylic acids is 1. The number of carbonyl (C=O) groups is 1. The zero-order valence-corrected chi connectivity index (χ0v) is 14.3. The number of thioether (sulfide) groups is 1. The fourth-order valence-corrected chi connectivity index (χ4v) is 3.31. The minimum absolute atomic E-state index is 0.384. The average molecular weight is 321 g/mol. The second kappa shape index (κ2) is 6.20. The lowest BCUT2D eigenvalue weighted by Crippen LogP contribution is -2.38. The number of ether oxygens (including phenoxy) is 1. The summed E-state index contributed by atoms with van der Waals surface area (Å²) in [6.07, 6.45) is 0.413. The topological polar surface area (TPSA) is 76.7 Å². The summed E-state index contributed by atoms with van der Waals surface area (Å²) in [4.78, 5) is 16.6. The summed E-state index contributed by atoms with van der Waals surface area (Å²) in [6.45, 7) is 7.55. The molecule has 0 aromatic heterocycles. The molecular weight excluding hydrogens is 298 g/mol. The number of nitrogens with two attached hydrogens (primary N) is 1. The fourth-order valence-electron chi connectivity index (χ4n) is 2.20. The molecule has 1 aliphatic rings. The van der Waals surface area contributed by atoms with Crippen molar-refractivity contribution >= 4 is 28.7 Å². The molecule has 5 nitrogen and oxygen atoms in total. The number of rotatable bonds is 1. The van der Waals surface area contributed by atoms with Crippen LogP contribution in [-0.4, -0.2) is 22.6 Å². The Hall–Kier alpha value is -1.69. The molecule has 22 heavy (non-hydrogen) atoms. The highest BCUT2D eigenvalue weighted by atomic mass is 32.2. The lowest BCUT2D eigenvalue weighted by Gasteiger charge is -2.31. The Morgan fingerprint density at radius 1 is 1.45 bits per heavy atom. The van der Waals surface area contributed by atoms with Crippen molar-refractivity contribution < 1.29 is 9.53 Å². The molecule has 0 bridgehead atoms. The second-order valence-electron chi connectivity index (χ2n) is 6.54. The maximum atomic E-state index is 11.9. The average Bonchev–Trinajstić information content (AvgIpc) is 2.36. The van der Waals surface area contributed by atoms with Crippen molar-refractivity contribution in [3.8, 4) is 0 Å². The lowest BCUT2D eigenvalue weighted by molar-refractivity contribution is 0.0564. The quantitative estimate of drug-likeness (QED) is 0.776. The minimum Gasteiger partial charge on any atom is -0.444 e. The Morgan fingerprint density at radius 3 is 2.82 bits per heavy atom. The Balaban J connectivity index is 2.16. The van der Waals surface area contributed by atoms with E-state index in [0.29, 0.717) is 10.9 Å².